The Labute approximate surface area is 137 Å². The number of sulfone groups is 1. The molecular weight excluding hydrogens is 311 g/mol. The van der Waals surface area contributed by atoms with E-state index in [-0.39, 0.29) is 37.5 Å². The zero-order valence-corrected chi connectivity index (χ0v) is 13.4. The van der Waals surface area contributed by atoms with Crippen molar-refractivity contribution in [3.63, 3.8) is 0 Å². The van der Waals surface area contributed by atoms with E-state index in [0.717, 1.165) is 0 Å². The van der Waals surface area contributed by atoms with Gasteiger partial charge in [-0.15, -0.1) is 0 Å². The first-order valence-electron chi connectivity index (χ1n) is 6.14. The molecule has 3 atom stereocenters. The van der Waals surface area contributed by atoms with Crippen molar-refractivity contribution in [2.24, 2.45) is 11.8 Å². The second-order valence-electron chi connectivity index (χ2n) is 4.89. The molecule has 0 saturated heterocycles. The summed E-state index contributed by atoms with van der Waals surface area (Å²) in [5.74, 6) is -2.15. The van der Waals surface area contributed by atoms with Gasteiger partial charge in [-0.1, -0.05) is 0 Å². The van der Waals surface area contributed by atoms with Crippen LogP contribution in [0.5, 0.6) is 0 Å². The third kappa shape index (κ3) is 6.38. The van der Waals surface area contributed by atoms with E-state index in [1.807, 2.05) is 12.1 Å². The van der Waals surface area contributed by atoms with Crippen LogP contribution in [-0.2, 0) is 20.0 Å². The van der Waals surface area contributed by atoms with Gasteiger partial charge in [-0.2, -0.15) is 10.5 Å². The zero-order valence-electron chi connectivity index (χ0n) is 11.7. The van der Waals surface area contributed by atoms with Crippen molar-refractivity contribution in [1.29, 1.82) is 10.5 Å². The van der Waals surface area contributed by atoms with E-state index in [2.05, 4.69) is 0 Å². The molecule has 0 bridgehead atoms. The molecule has 0 aromatic heterocycles. The smallest absolute Gasteiger partial charge is 0.748 e. The molecule has 112 valence electrons. The third-order valence-corrected chi connectivity index (χ3v) is 6.56. The van der Waals surface area contributed by atoms with Crippen LogP contribution < -0.4 is 18.9 Å². The number of nitriles is 2. The van der Waals surface area contributed by atoms with Crippen LogP contribution in [0.2, 0.25) is 0 Å². The molecule has 10 heteroatoms. The van der Waals surface area contributed by atoms with Crippen molar-refractivity contribution in [3.05, 3.63) is 0 Å². The minimum absolute atomic E-state index is 0. The van der Waals surface area contributed by atoms with Crippen LogP contribution in [0, 0.1) is 34.5 Å². The monoisotopic (exact) mass is 326 g/mol. The van der Waals surface area contributed by atoms with Crippen LogP contribution in [-0.4, -0.2) is 38.1 Å². The molecule has 1 aliphatic rings. The predicted octanol–water partition coefficient (Wildman–Crippen LogP) is -2.83. The molecule has 0 heterocycles. The van der Waals surface area contributed by atoms with Gasteiger partial charge in [0, 0.05) is 5.75 Å². The van der Waals surface area contributed by atoms with E-state index in [1.165, 1.54) is 0 Å². The van der Waals surface area contributed by atoms with E-state index in [9.17, 15) is 21.4 Å². The molecule has 0 radical (unpaired) electrons. The van der Waals surface area contributed by atoms with Crippen LogP contribution >= 0.6 is 0 Å². The quantitative estimate of drug-likeness (QED) is 0.392. The number of hydrogen-bond acceptors (Lipinski definition) is 7. The Hall–Kier alpha value is -0.563. The Morgan fingerprint density at radius 1 is 1.00 bits per heavy atom. The van der Waals surface area contributed by atoms with Crippen molar-refractivity contribution in [1.82, 2.24) is 0 Å². The molecule has 1 fully saturated rings. The number of nitrogens with zero attached hydrogens (tertiary/aromatic N) is 2. The Balaban J connectivity index is 0.00000400. The number of hydrogen-bond donors (Lipinski definition) is 0. The molecule has 1 saturated carbocycles. The molecule has 1 rings (SSSR count). The fraction of sp³-hybridized carbons (Fsp3) is 0.818. The molecule has 0 aromatic rings. The second-order valence-corrected chi connectivity index (χ2v) is 8.81. The first-order valence-corrected chi connectivity index (χ1v) is 9.43. The fourth-order valence-electron chi connectivity index (χ4n) is 2.36. The summed E-state index contributed by atoms with van der Waals surface area (Å²) in [4.78, 5) is 0. The van der Waals surface area contributed by atoms with Crippen molar-refractivity contribution in [2.45, 2.75) is 30.9 Å². The third-order valence-electron chi connectivity index (χ3n) is 3.46. The largest absolute Gasteiger partial charge is 1.00 e. The van der Waals surface area contributed by atoms with Crippen LogP contribution in [0.4, 0.5) is 0 Å². The van der Waals surface area contributed by atoms with Gasteiger partial charge in [0.1, 0.15) is 0 Å². The summed E-state index contributed by atoms with van der Waals surface area (Å²) >= 11 is 0. The SMILES string of the molecule is N#CC1CCC(S(=O)(=O)CCCS(=O)(=O)[O-])CC1C#N.[Li+]. The minimum Gasteiger partial charge on any atom is -0.748 e. The van der Waals surface area contributed by atoms with Gasteiger partial charge in [0.15, 0.2) is 9.84 Å². The average Bonchev–Trinajstić information content (AvgIpc) is 2.36. The van der Waals surface area contributed by atoms with E-state index in [1.54, 1.807) is 0 Å². The van der Waals surface area contributed by atoms with E-state index in [0.29, 0.717) is 12.8 Å². The van der Waals surface area contributed by atoms with Crippen LogP contribution in [0.1, 0.15) is 25.7 Å². The maximum absolute atomic E-state index is 12.0. The average molecular weight is 326 g/mol. The summed E-state index contributed by atoms with van der Waals surface area (Å²) in [5.41, 5.74) is 0. The summed E-state index contributed by atoms with van der Waals surface area (Å²) in [7, 11) is -7.96. The molecular formula is C11H15LiN2O5S2. The Morgan fingerprint density at radius 2 is 1.57 bits per heavy atom. The maximum Gasteiger partial charge on any atom is 1.00 e. The van der Waals surface area contributed by atoms with Crippen molar-refractivity contribution < 1.29 is 40.2 Å². The van der Waals surface area contributed by atoms with E-state index in [4.69, 9.17) is 10.5 Å². The first-order chi connectivity index (χ1) is 9.19. The summed E-state index contributed by atoms with van der Waals surface area (Å²) in [6.45, 7) is 0. The molecule has 0 N–H and O–H groups in total. The fourth-order valence-corrected chi connectivity index (χ4v) is 4.92. The molecule has 21 heavy (non-hydrogen) atoms. The summed E-state index contributed by atoms with van der Waals surface area (Å²) in [6, 6.07) is 3.96. The van der Waals surface area contributed by atoms with Crippen molar-refractivity contribution in [2.75, 3.05) is 11.5 Å². The molecule has 0 amide bonds. The Bertz CT molecular complexity index is 633. The van der Waals surface area contributed by atoms with Gasteiger partial charge in [-0.05, 0) is 25.7 Å². The van der Waals surface area contributed by atoms with Gasteiger partial charge in [0.2, 0.25) is 0 Å². The maximum atomic E-state index is 12.0. The molecule has 0 aliphatic heterocycles. The standard InChI is InChI=1S/C11H16N2O5S2.Li/c12-7-9-2-3-11(6-10(9)8-13)19(14,15)4-1-5-20(16,17)18;/h9-11H,1-6H2,(H,16,17,18);/q;+1/p-1. The van der Waals surface area contributed by atoms with Gasteiger partial charge in [0.05, 0.1) is 45.1 Å². The normalized spacial score (nSPS) is 26.1. The molecule has 0 spiro atoms. The van der Waals surface area contributed by atoms with Crippen LogP contribution in [0.15, 0.2) is 0 Å². The van der Waals surface area contributed by atoms with Crippen molar-refractivity contribution in [3.8, 4) is 12.1 Å². The Morgan fingerprint density at radius 3 is 2.05 bits per heavy atom. The van der Waals surface area contributed by atoms with E-state index < -0.39 is 42.8 Å². The van der Waals surface area contributed by atoms with Gasteiger partial charge in [-0.25, -0.2) is 16.8 Å². The molecule has 7 nitrogen and oxygen atoms in total. The van der Waals surface area contributed by atoms with Crippen LogP contribution in [0.3, 0.4) is 0 Å². The molecule has 3 unspecified atom stereocenters. The van der Waals surface area contributed by atoms with Gasteiger partial charge >= 0.3 is 18.9 Å². The summed E-state index contributed by atoms with van der Waals surface area (Å²) in [5, 5.41) is 17.1. The summed E-state index contributed by atoms with van der Waals surface area (Å²) in [6.07, 6.45) is 0.506. The van der Waals surface area contributed by atoms with E-state index >= 15 is 0 Å². The van der Waals surface area contributed by atoms with Crippen LogP contribution in [0.25, 0.3) is 0 Å². The minimum atomic E-state index is -4.42. The van der Waals surface area contributed by atoms with Gasteiger partial charge in [0.25, 0.3) is 0 Å². The zero-order chi connectivity index (χ0) is 15.4. The van der Waals surface area contributed by atoms with Gasteiger partial charge in [-0.3, -0.25) is 0 Å². The van der Waals surface area contributed by atoms with Crippen molar-refractivity contribution >= 4 is 20.0 Å². The second kappa shape index (κ2) is 8.17. The summed E-state index contributed by atoms with van der Waals surface area (Å²) < 4.78 is 55.4. The predicted molar refractivity (Wildman–Crippen MR) is 68.8 cm³/mol. The Kier molecular flexibility index (Phi) is 7.95. The topological polar surface area (TPSA) is 139 Å². The number of rotatable bonds is 5. The first kappa shape index (κ1) is 20.4. The van der Waals surface area contributed by atoms with Gasteiger partial charge < -0.3 is 4.55 Å². The molecule has 1 aliphatic carbocycles. The molecule has 0 aromatic carbocycles.